The normalized spacial score (nSPS) is 21.2. The molecule has 5 heteroatoms. The van der Waals surface area contributed by atoms with E-state index in [1.54, 1.807) is 12.1 Å². The van der Waals surface area contributed by atoms with Crippen molar-refractivity contribution in [2.75, 3.05) is 0 Å². The van der Waals surface area contributed by atoms with Gasteiger partial charge in [-0.15, -0.1) is 0 Å². The Morgan fingerprint density at radius 2 is 2.33 bits per heavy atom. The average Bonchev–Trinajstić information content (AvgIpc) is 2.28. The second kappa shape index (κ2) is 3.18. The van der Waals surface area contributed by atoms with Gasteiger partial charge in [0.15, 0.2) is 0 Å². The highest BCUT2D eigenvalue weighted by Crippen LogP contribution is 2.30. The van der Waals surface area contributed by atoms with Crippen molar-refractivity contribution in [1.82, 2.24) is 0 Å². The quantitative estimate of drug-likeness (QED) is 0.446. The van der Waals surface area contributed by atoms with Gasteiger partial charge in [-0.2, -0.15) is 0 Å². The minimum atomic E-state index is -0.792. The lowest BCUT2D eigenvalue weighted by atomic mass is 9.80. The highest BCUT2D eigenvalue weighted by Gasteiger charge is 2.33. The molecule has 1 N–H and O–H groups in total. The zero-order valence-corrected chi connectivity index (χ0v) is 8.91. The molecule has 0 aliphatic carbocycles. The van der Waals surface area contributed by atoms with Crippen LogP contribution in [0.4, 0.5) is 0 Å². The fraction of sp³-hybridized carbons (Fsp3) is 0.143. The minimum Gasteiger partial charge on any atom is -0.423 e. The van der Waals surface area contributed by atoms with Crippen LogP contribution in [0.3, 0.4) is 0 Å². The molecule has 0 bridgehead atoms. The summed E-state index contributed by atoms with van der Waals surface area (Å²) in [6.07, 6.45) is 0. The summed E-state index contributed by atoms with van der Waals surface area (Å²) in [6.45, 7) is 0. The molecule has 2 rings (SSSR count). The minimum absolute atomic E-state index is 0.0914. The van der Waals surface area contributed by atoms with Crippen LogP contribution in [0.5, 0.6) is 0 Å². The van der Waals surface area contributed by atoms with Gasteiger partial charge >= 0.3 is 7.12 Å². The van der Waals surface area contributed by atoms with E-state index < -0.39 is 7.12 Å². The van der Waals surface area contributed by atoms with Crippen LogP contribution in [-0.4, -0.2) is 12.1 Å². The monoisotopic (exact) mass is 294 g/mol. The smallest absolute Gasteiger partial charge is 0.423 e. The van der Waals surface area contributed by atoms with Crippen molar-refractivity contribution in [3.05, 3.63) is 28.8 Å². The first-order valence-electron chi connectivity index (χ1n) is 3.45. The number of alkyl halides is 1. The molecule has 0 saturated carbocycles. The Morgan fingerprint density at radius 3 is 3.08 bits per heavy atom. The third kappa shape index (κ3) is 1.37. The molecular formula is C7H5BClIO2. The molecule has 0 aromatic heterocycles. The van der Waals surface area contributed by atoms with Crippen molar-refractivity contribution in [2.45, 2.75) is 4.11 Å². The number of fused-ring (bicyclic) bond motifs is 1. The van der Waals surface area contributed by atoms with Gasteiger partial charge in [-0.25, -0.2) is 0 Å². The third-order valence-electron chi connectivity index (χ3n) is 1.81. The average molecular weight is 294 g/mol. The van der Waals surface area contributed by atoms with E-state index in [2.05, 4.69) is 22.6 Å². The zero-order chi connectivity index (χ0) is 8.72. The van der Waals surface area contributed by atoms with Crippen molar-refractivity contribution in [2.24, 2.45) is 0 Å². The molecule has 1 aromatic carbocycles. The molecule has 1 atom stereocenters. The van der Waals surface area contributed by atoms with E-state index in [9.17, 15) is 5.02 Å². The molecule has 0 saturated heterocycles. The Hall–Kier alpha value is 0.225. The van der Waals surface area contributed by atoms with Gasteiger partial charge in [0.1, 0.15) is 4.11 Å². The summed E-state index contributed by atoms with van der Waals surface area (Å²) in [4.78, 5) is 0. The second-order valence-electron chi connectivity index (χ2n) is 2.58. The number of halogens is 2. The van der Waals surface area contributed by atoms with Crippen molar-refractivity contribution in [3.63, 3.8) is 0 Å². The van der Waals surface area contributed by atoms with Crippen LogP contribution in [0.2, 0.25) is 5.02 Å². The summed E-state index contributed by atoms with van der Waals surface area (Å²) in [6, 6.07) is 5.37. The molecule has 2 nitrogen and oxygen atoms in total. The van der Waals surface area contributed by atoms with Crippen LogP contribution in [0.15, 0.2) is 18.2 Å². The van der Waals surface area contributed by atoms with Crippen LogP contribution in [0.1, 0.15) is 9.67 Å². The molecule has 62 valence electrons. The van der Waals surface area contributed by atoms with Gasteiger partial charge in [0.25, 0.3) is 0 Å². The SMILES string of the molecule is OB1OC(I)c2cc(Cl)ccc21. The van der Waals surface area contributed by atoms with E-state index in [0.717, 1.165) is 11.0 Å². The largest absolute Gasteiger partial charge is 0.492 e. The van der Waals surface area contributed by atoms with Gasteiger partial charge in [-0.05, 0) is 45.7 Å². The van der Waals surface area contributed by atoms with Crippen molar-refractivity contribution >= 4 is 46.8 Å². The lowest BCUT2D eigenvalue weighted by Crippen LogP contribution is -2.27. The highest BCUT2D eigenvalue weighted by atomic mass is 127. The first-order chi connectivity index (χ1) is 5.68. The fourth-order valence-electron chi connectivity index (χ4n) is 1.23. The van der Waals surface area contributed by atoms with Crippen LogP contribution >= 0.6 is 34.2 Å². The van der Waals surface area contributed by atoms with E-state index in [0.29, 0.717) is 5.02 Å². The summed E-state index contributed by atoms with van der Waals surface area (Å²) in [5.41, 5.74) is 1.79. The first-order valence-corrected chi connectivity index (χ1v) is 5.08. The van der Waals surface area contributed by atoms with Crippen molar-refractivity contribution in [3.8, 4) is 0 Å². The zero-order valence-electron chi connectivity index (χ0n) is 6.00. The Labute approximate surface area is 89.2 Å². The molecule has 1 unspecified atom stereocenters. The van der Waals surface area contributed by atoms with Gasteiger partial charge in [-0.1, -0.05) is 17.7 Å². The topological polar surface area (TPSA) is 29.5 Å². The summed E-state index contributed by atoms with van der Waals surface area (Å²) < 4.78 is 5.08. The van der Waals surface area contributed by atoms with Crippen molar-refractivity contribution < 1.29 is 9.68 Å². The molecule has 0 fully saturated rings. The first kappa shape index (κ1) is 8.81. The molecule has 1 aliphatic heterocycles. The van der Waals surface area contributed by atoms with Crippen LogP contribution in [-0.2, 0) is 4.65 Å². The molecular weight excluding hydrogens is 289 g/mol. The van der Waals surface area contributed by atoms with Crippen LogP contribution in [0, 0.1) is 0 Å². The molecule has 0 amide bonds. The molecule has 0 radical (unpaired) electrons. The predicted molar refractivity (Wildman–Crippen MR) is 56.9 cm³/mol. The standard InChI is InChI=1S/C7H5BClIO2/c9-4-1-2-6-5(3-4)7(10)12-8(6)11/h1-3,7,11H. The Kier molecular flexibility index (Phi) is 2.33. The maximum Gasteiger partial charge on any atom is 0.492 e. The molecule has 1 heterocycles. The molecule has 1 aliphatic rings. The Bertz CT molecular complexity index is 320. The maximum absolute atomic E-state index is 9.37. The lowest BCUT2D eigenvalue weighted by molar-refractivity contribution is 0.279. The van der Waals surface area contributed by atoms with Gasteiger partial charge < -0.3 is 9.68 Å². The molecule has 1 aromatic rings. The molecule has 0 spiro atoms. The van der Waals surface area contributed by atoms with Gasteiger partial charge in [0.05, 0.1) is 0 Å². The van der Waals surface area contributed by atoms with E-state index in [1.165, 1.54) is 0 Å². The van der Waals surface area contributed by atoms with Gasteiger partial charge in [0.2, 0.25) is 0 Å². The molecule has 12 heavy (non-hydrogen) atoms. The van der Waals surface area contributed by atoms with Crippen LogP contribution < -0.4 is 5.46 Å². The van der Waals surface area contributed by atoms with E-state index in [-0.39, 0.29) is 4.11 Å². The highest BCUT2D eigenvalue weighted by molar-refractivity contribution is 14.1. The second-order valence-corrected chi connectivity index (χ2v) is 4.15. The van der Waals surface area contributed by atoms with E-state index in [4.69, 9.17) is 16.3 Å². The lowest BCUT2D eigenvalue weighted by Gasteiger charge is -2.01. The fourth-order valence-corrected chi connectivity index (χ4v) is 2.22. The summed E-state index contributed by atoms with van der Waals surface area (Å²) in [5.74, 6) is 0. The third-order valence-corrected chi connectivity index (χ3v) is 3.01. The van der Waals surface area contributed by atoms with Crippen LogP contribution in [0.25, 0.3) is 0 Å². The number of rotatable bonds is 0. The number of hydrogen-bond acceptors (Lipinski definition) is 2. The number of hydrogen-bond donors (Lipinski definition) is 1. The Morgan fingerprint density at radius 1 is 1.58 bits per heavy atom. The summed E-state index contributed by atoms with van der Waals surface area (Å²) in [5, 5.41) is 10.0. The Balaban J connectivity index is 2.53. The van der Waals surface area contributed by atoms with E-state index >= 15 is 0 Å². The van der Waals surface area contributed by atoms with Gasteiger partial charge in [0, 0.05) is 5.02 Å². The summed E-state index contributed by atoms with van der Waals surface area (Å²) in [7, 11) is -0.792. The van der Waals surface area contributed by atoms with Crippen molar-refractivity contribution in [1.29, 1.82) is 0 Å². The maximum atomic E-state index is 9.37. The predicted octanol–water partition coefficient (Wildman–Crippen LogP) is 1.49. The van der Waals surface area contributed by atoms with Gasteiger partial charge in [-0.3, -0.25) is 0 Å². The number of benzene rings is 1. The van der Waals surface area contributed by atoms with E-state index in [1.807, 2.05) is 6.07 Å². The summed E-state index contributed by atoms with van der Waals surface area (Å²) >= 11 is 7.91.